The van der Waals surface area contributed by atoms with Gasteiger partial charge in [0, 0.05) is 37.0 Å². The van der Waals surface area contributed by atoms with Gasteiger partial charge in [-0.3, -0.25) is 19.7 Å². The first kappa shape index (κ1) is 19.1. The molecular formula is C17H20N4O5. The van der Waals surface area contributed by atoms with Crippen molar-refractivity contribution in [1.29, 1.82) is 0 Å². The van der Waals surface area contributed by atoms with Crippen LogP contribution in [0.3, 0.4) is 0 Å². The molecule has 0 saturated heterocycles. The Morgan fingerprint density at radius 3 is 2.77 bits per heavy atom. The number of imidazole rings is 1. The lowest BCUT2D eigenvalue weighted by atomic mass is 10.1. The summed E-state index contributed by atoms with van der Waals surface area (Å²) in [6, 6.07) is 4.31. The van der Waals surface area contributed by atoms with E-state index in [1.54, 1.807) is 6.20 Å². The Labute approximate surface area is 150 Å². The molecule has 0 fully saturated rings. The summed E-state index contributed by atoms with van der Waals surface area (Å²) in [6.07, 6.45) is 7.09. The van der Waals surface area contributed by atoms with Crippen LogP contribution in [0.4, 0.5) is 5.69 Å². The van der Waals surface area contributed by atoms with Gasteiger partial charge in [0.05, 0.1) is 18.4 Å². The van der Waals surface area contributed by atoms with Crippen LogP contribution in [0.2, 0.25) is 0 Å². The third-order valence-electron chi connectivity index (χ3n) is 3.79. The third-order valence-corrected chi connectivity index (χ3v) is 3.79. The second-order valence-electron chi connectivity index (χ2n) is 5.57. The molecule has 138 valence electrons. The van der Waals surface area contributed by atoms with E-state index in [0.717, 1.165) is 6.42 Å². The van der Waals surface area contributed by atoms with Crippen molar-refractivity contribution in [3.63, 3.8) is 0 Å². The molecule has 0 aliphatic heterocycles. The topological polar surface area (TPSA) is 116 Å². The largest absolute Gasteiger partial charge is 0.469 e. The van der Waals surface area contributed by atoms with Crippen LogP contribution in [-0.4, -0.2) is 40.0 Å². The minimum atomic E-state index is -0.529. The maximum atomic E-state index is 12.2. The highest BCUT2D eigenvalue weighted by Crippen LogP contribution is 2.24. The number of hydrogen-bond acceptors (Lipinski definition) is 6. The quantitative estimate of drug-likeness (QED) is 0.317. The number of nitrogens with zero attached hydrogens (tertiary/aromatic N) is 3. The van der Waals surface area contributed by atoms with Gasteiger partial charge in [-0.2, -0.15) is 0 Å². The number of amides is 1. The average molecular weight is 360 g/mol. The predicted molar refractivity (Wildman–Crippen MR) is 93.0 cm³/mol. The van der Waals surface area contributed by atoms with Crippen LogP contribution in [0.25, 0.3) is 5.69 Å². The molecule has 0 radical (unpaired) electrons. The number of rotatable bonds is 9. The van der Waals surface area contributed by atoms with Gasteiger partial charge in [-0.1, -0.05) is 6.42 Å². The van der Waals surface area contributed by atoms with Crippen molar-refractivity contribution in [2.24, 2.45) is 0 Å². The number of aromatic nitrogens is 2. The molecule has 0 aliphatic rings. The molecule has 0 atom stereocenters. The molecule has 0 bridgehead atoms. The van der Waals surface area contributed by atoms with E-state index in [1.165, 1.54) is 42.4 Å². The SMILES string of the molecule is COC(=O)CCCCCNC(=O)c1ccc(-n2ccnc2)c([N+](=O)[O-])c1. The lowest BCUT2D eigenvalue weighted by molar-refractivity contribution is -0.384. The first-order chi connectivity index (χ1) is 12.5. The van der Waals surface area contributed by atoms with Gasteiger partial charge in [-0.25, -0.2) is 4.98 Å². The number of methoxy groups -OCH3 is 1. The minimum Gasteiger partial charge on any atom is -0.469 e. The molecule has 26 heavy (non-hydrogen) atoms. The first-order valence-electron chi connectivity index (χ1n) is 8.14. The van der Waals surface area contributed by atoms with Crippen molar-refractivity contribution in [1.82, 2.24) is 14.9 Å². The van der Waals surface area contributed by atoms with E-state index in [1.807, 2.05) is 0 Å². The number of nitrogens with one attached hydrogen (secondary N) is 1. The van der Waals surface area contributed by atoms with E-state index >= 15 is 0 Å². The molecular weight excluding hydrogens is 340 g/mol. The number of esters is 1. The zero-order chi connectivity index (χ0) is 18.9. The molecule has 2 aromatic rings. The maximum absolute atomic E-state index is 12.2. The number of benzene rings is 1. The second kappa shape index (κ2) is 9.30. The Balaban J connectivity index is 1.92. The smallest absolute Gasteiger partial charge is 0.305 e. The lowest BCUT2D eigenvalue weighted by Crippen LogP contribution is -2.24. The predicted octanol–water partition coefficient (Wildman–Crippen LogP) is 2.24. The van der Waals surface area contributed by atoms with Gasteiger partial charge in [0.1, 0.15) is 5.69 Å². The Morgan fingerprint density at radius 1 is 1.31 bits per heavy atom. The van der Waals surface area contributed by atoms with Crippen molar-refractivity contribution >= 4 is 17.6 Å². The number of carbonyl (C=O) groups is 2. The van der Waals surface area contributed by atoms with E-state index in [0.29, 0.717) is 31.5 Å². The van der Waals surface area contributed by atoms with Crippen LogP contribution in [0.5, 0.6) is 0 Å². The normalized spacial score (nSPS) is 10.3. The number of nitro benzene ring substituents is 1. The summed E-state index contributed by atoms with van der Waals surface area (Å²) < 4.78 is 6.07. The lowest BCUT2D eigenvalue weighted by Gasteiger charge is -2.08. The van der Waals surface area contributed by atoms with E-state index in [2.05, 4.69) is 15.0 Å². The molecule has 2 rings (SSSR count). The summed E-state index contributed by atoms with van der Waals surface area (Å²) in [5.41, 5.74) is 0.385. The van der Waals surface area contributed by atoms with E-state index < -0.39 is 4.92 Å². The number of hydrogen-bond donors (Lipinski definition) is 1. The summed E-state index contributed by atoms with van der Waals surface area (Å²) in [4.78, 5) is 37.8. The molecule has 1 aromatic carbocycles. The third kappa shape index (κ3) is 5.13. The average Bonchev–Trinajstić information content (AvgIpc) is 3.18. The van der Waals surface area contributed by atoms with Crippen LogP contribution in [0, 0.1) is 10.1 Å². The highest BCUT2D eigenvalue weighted by molar-refractivity contribution is 5.95. The van der Waals surface area contributed by atoms with Crippen LogP contribution < -0.4 is 5.32 Å². The molecule has 9 nitrogen and oxygen atoms in total. The fourth-order valence-electron chi connectivity index (χ4n) is 2.41. The van der Waals surface area contributed by atoms with Crippen LogP contribution in [0.1, 0.15) is 36.0 Å². The van der Waals surface area contributed by atoms with Crippen molar-refractivity contribution in [2.75, 3.05) is 13.7 Å². The van der Waals surface area contributed by atoms with Gasteiger partial charge in [0.25, 0.3) is 11.6 Å². The van der Waals surface area contributed by atoms with E-state index in [9.17, 15) is 19.7 Å². The monoisotopic (exact) mass is 360 g/mol. The first-order valence-corrected chi connectivity index (χ1v) is 8.14. The maximum Gasteiger partial charge on any atom is 0.305 e. The molecule has 1 amide bonds. The van der Waals surface area contributed by atoms with Gasteiger partial charge in [-0.15, -0.1) is 0 Å². The zero-order valence-corrected chi connectivity index (χ0v) is 14.4. The summed E-state index contributed by atoms with van der Waals surface area (Å²) in [5, 5.41) is 14.0. The molecule has 0 saturated carbocycles. The minimum absolute atomic E-state index is 0.172. The van der Waals surface area contributed by atoms with Crippen LogP contribution >= 0.6 is 0 Å². The highest BCUT2D eigenvalue weighted by Gasteiger charge is 2.18. The van der Waals surface area contributed by atoms with Gasteiger partial charge in [-0.05, 0) is 25.0 Å². The van der Waals surface area contributed by atoms with Crippen molar-refractivity contribution in [2.45, 2.75) is 25.7 Å². The van der Waals surface area contributed by atoms with Gasteiger partial charge >= 0.3 is 5.97 Å². The summed E-state index contributed by atoms with van der Waals surface area (Å²) in [7, 11) is 1.35. The van der Waals surface area contributed by atoms with Gasteiger partial charge < -0.3 is 14.6 Å². The molecule has 9 heteroatoms. The fraction of sp³-hybridized carbons (Fsp3) is 0.353. The van der Waals surface area contributed by atoms with Crippen molar-refractivity contribution in [3.05, 3.63) is 52.6 Å². The number of nitro groups is 1. The Morgan fingerprint density at radius 2 is 2.12 bits per heavy atom. The molecule has 0 unspecified atom stereocenters. The Hall–Kier alpha value is -3.23. The standard InChI is InChI=1S/C17H20N4O5/c1-26-16(22)5-3-2-4-8-19-17(23)13-6-7-14(15(11-13)21(24)25)20-10-9-18-12-20/h6-7,9-12H,2-5,8H2,1H3,(H,19,23). The molecule has 1 aromatic heterocycles. The Bertz CT molecular complexity index is 773. The summed E-state index contributed by atoms with van der Waals surface area (Å²) in [6.45, 7) is 0.428. The molecule has 0 spiro atoms. The van der Waals surface area contributed by atoms with E-state index in [-0.39, 0.29) is 23.1 Å². The number of ether oxygens (including phenoxy) is 1. The highest BCUT2D eigenvalue weighted by atomic mass is 16.6. The van der Waals surface area contributed by atoms with Gasteiger partial charge in [0.2, 0.25) is 0 Å². The Kier molecular flexibility index (Phi) is 6.84. The van der Waals surface area contributed by atoms with Crippen molar-refractivity contribution < 1.29 is 19.2 Å². The van der Waals surface area contributed by atoms with Crippen LogP contribution in [-0.2, 0) is 9.53 Å². The molecule has 0 aliphatic carbocycles. The van der Waals surface area contributed by atoms with Crippen molar-refractivity contribution in [3.8, 4) is 5.69 Å². The summed E-state index contributed by atoms with van der Waals surface area (Å²) in [5.74, 6) is -0.627. The summed E-state index contributed by atoms with van der Waals surface area (Å²) >= 11 is 0. The van der Waals surface area contributed by atoms with Crippen LogP contribution in [0.15, 0.2) is 36.9 Å². The number of carbonyl (C=O) groups excluding carboxylic acids is 2. The number of unbranched alkanes of at least 4 members (excludes halogenated alkanes) is 2. The molecule has 1 N–H and O–H groups in total. The second-order valence-corrected chi connectivity index (χ2v) is 5.57. The fourth-order valence-corrected chi connectivity index (χ4v) is 2.41. The molecule has 1 heterocycles. The zero-order valence-electron chi connectivity index (χ0n) is 14.4. The van der Waals surface area contributed by atoms with E-state index in [4.69, 9.17) is 0 Å². The van der Waals surface area contributed by atoms with Gasteiger partial charge in [0.15, 0.2) is 0 Å².